The fraction of sp³-hybridized carbons (Fsp3) is 0.562. The van der Waals surface area contributed by atoms with Gasteiger partial charge >= 0.3 is 0 Å². The average molecular weight is 258 g/mol. The predicted molar refractivity (Wildman–Crippen MR) is 77.1 cm³/mol. The molecule has 2 atom stereocenters. The van der Waals surface area contributed by atoms with Crippen LogP contribution >= 0.6 is 0 Å². The van der Waals surface area contributed by atoms with Crippen molar-refractivity contribution in [1.82, 2.24) is 5.32 Å². The number of anilines is 1. The number of hydrogen-bond donors (Lipinski definition) is 1. The van der Waals surface area contributed by atoms with Crippen LogP contribution in [0.1, 0.15) is 44.2 Å². The highest BCUT2D eigenvalue weighted by Crippen LogP contribution is 2.36. The zero-order chi connectivity index (χ0) is 13.4. The third-order valence-corrected chi connectivity index (χ3v) is 4.75. The maximum Gasteiger partial charge on any atom is 0.228 e. The Balaban J connectivity index is 1.81. The summed E-state index contributed by atoms with van der Waals surface area (Å²) in [4.78, 5) is 13.9. The van der Waals surface area contributed by atoms with Gasteiger partial charge in [-0.05, 0) is 37.3 Å². The zero-order valence-electron chi connectivity index (χ0n) is 11.7. The standard InChI is InChI=1S/C16H22N2O/c1-11(12-6-5-7-12)17-14-10-16(19)18(2)15-9-4-3-8-13(14)15/h3-4,8-9,11-12,14,17H,5-7,10H2,1-2H3. The smallest absolute Gasteiger partial charge is 0.228 e. The third-order valence-electron chi connectivity index (χ3n) is 4.75. The summed E-state index contributed by atoms with van der Waals surface area (Å²) in [7, 11) is 1.87. The van der Waals surface area contributed by atoms with E-state index in [1.807, 2.05) is 19.2 Å². The first-order chi connectivity index (χ1) is 9.16. The highest BCUT2D eigenvalue weighted by molar-refractivity contribution is 5.96. The Hall–Kier alpha value is -1.35. The molecule has 1 aliphatic heterocycles. The number of nitrogens with one attached hydrogen (secondary N) is 1. The zero-order valence-corrected chi connectivity index (χ0v) is 11.7. The summed E-state index contributed by atoms with van der Waals surface area (Å²) in [6, 6.07) is 8.92. The van der Waals surface area contributed by atoms with Gasteiger partial charge in [-0.1, -0.05) is 24.6 Å². The first-order valence-corrected chi connectivity index (χ1v) is 7.28. The number of carbonyl (C=O) groups is 1. The highest BCUT2D eigenvalue weighted by atomic mass is 16.2. The molecule has 1 aromatic carbocycles. The van der Waals surface area contributed by atoms with Crippen LogP contribution in [0, 0.1) is 5.92 Å². The fourth-order valence-electron chi connectivity index (χ4n) is 3.19. The van der Waals surface area contributed by atoms with Crippen LogP contribution in [-0.4, -0.2) is 19.0 Å². The number of fused-ring (bicyclic) bond motifs is 1. The molecule has 0 radical (unpaired) electrons. The minimum absolute atomic E-state index is 0.176. The maximum atomic E-state index is 12.1. The lowest BCUT2D eigenvalue weighted by Gasteiger charge is -2.38. The summed E-state index contributed by atoms with van der Waals surface area (Å²) in [5, 5.41) is 3.68. The molecule has 1 fully saturated rings. The average Bonchev–Trinajstić information content (AvgIpc) is 2.33. The van der Waals surface area contributed by atoms with E-state index in [1.54, 1.807) is 4.90 Å². The van der Waals surface area contributed by atoms with Crippen molar-refractivity contribution in [3.8, 4) is 0 Å². The van der Waals surface area contributed by atoms with Gasteiger partial charge in [-0.15, -0.1) is 0 Å². The molecule has 1 amide bonds. The van der Waals surface area contributed by atoms with Gasteiger partial charge in [0.15, 0.2) is 0 Å². The van der Waals surface area contributed by atoms with Crippen molar-refractivity contribution in [2.24, 2.45) is 5.92 Å². The lowest BCUT2D eigenvalue weighted by molar-refractivity contribution is -0.119. The van der Waals surface area contributed by atoms with Crippen LogP contribution in [-0.2, 0) is 4.79 Å². The summed E-state index contributed by atoms with van der Waals surface area (Å²) in [6.45, 7) is 2.26. The molecule has 3 rings (SSSR count). The molecule has 1 N–H and O–H groups in total. The molecule has 0 spiro atoms. The third kappa shape index (κ3) is 2.27. The summed E-state index contributed by atoms with van der Waals surface area (Å²) >= 11 is 0. The molecule has 102 valence electrons. The second-order valence-electron chi connectivity index (χ2n) is 5.91. The van der Waals surface area contributed by atoms with E-state index >= 15 is 0 Å². The molecule has 3 nitrogen and oxygen atoms in total. The summed E-state index contributed by atoms with van der Waals surface area (Å²) in [5.74, 6) is 0.999. The number of amides is 1. The number of hydrogen-bond acceptors (Lipinski definition) is 2. The molecule has 2 aliphatic rings. The van der Waals surface area contributed by atoms with Gasteiger partial charge in [-0.25, -0.2) is 0 Å². The van der Waals surface area contributed by atoms with Crippen LogP contribution in [0.5, 0.6) is 0 Å². The van der Waals surface area contributed by atoms with Crippen LogP contribution < -0.4 is 10.2 Å². The molecule has 0 aromatic heterocycles. The van der Waals surface area contributed by atoms with E-state index in [4.69, 9.17) is 0 Å². The van der Waals surface area contributed by atoms with Gasteiger partial charge in [0, 0.05) is 31.2 Å². The van der Waals surface area contributed by atoms with Crippen LogP contribution in [0.4, 0.5) is 5.69 Å². The second kappa shape index (κ2) is 4.97. The van der Waals surface area contributed by atoms with Crippen molar-refractivity contribution in [2.75, 3.05) is 11.9 Å². The van der Waals surface area contributed by atoms with E-state index in [0.29, 0.717) is 12.5 Å². The second-order valence-corrected chi connectivity index (χ2v) is 5.91. The van der Waals surface area contributed by atoms with Crippen molar-refractivity contribution in [1.29, 1.82) is 0 Å². The van der Waals surface area contributed by atoms with E-state index in [0.717, 1.165) is 11.6 Å². The Kier molecular flexibility index (Phi) is 3.31. The predicted octanol–water partition coefficient (Wildman–Crippen LogP) is 2.87. The summed E-state index contributed by atoms with van der Waals surface area (Å²) in [6.07, 6.45) is 4.59. The number of para-hydroxylation sites is 1. The molecular formula is C16H22N2O. The number of carbonyl (C=O) groups excluding carboxylic acids is 1. The molecule has 19 heavy (non-hydrogen) atoms. The van der Waals surface area contributed by atoms with Gasteiger partial charge in [-0.3, -0.25) is 4.79 Å². The Morgan fingerprint density at radius 1 is 1.32 bits per heavy atom. The van der Waals surface area contributed by atoms with Crippen LogP contribution in [0.25, 0.3) is 0 Å². The van der Waals surface area contributed by atoms with E-state index in [2.05, 4.69) is 24.4 Å². The first-order valence-electron chi connectivity index (χ1n) is 7.28. The largest absolute Gasteiger partial charge is 0.315 e. The van der Waals surface area contributed by atoms with E-state index in [-0.39, 0.29) is 11.9 Å². The minimum Gasteiger partial charge on any atom is -0.315 e. The van der Waals surface area contributed by atoms with E-state index in [9.17, 15) is 4.79 Å². The van der Waals surface area contributed by atoms with Crippen molar-refractivity contribution in [2.45, 2.75) is 44.7 Å². The monoisotopic (exact) mass is 258 g/mol. The van der Waals surface area contributed by atoms with Crippen molar-refractivity contribution in [3.63, 3.8) is 0 Å². The van der Waals surface area contributed by atoms with Gasteiger partial charge in [0.25, 0.3) is 0 Å². The van der Waals surface area contributed by atoms with Crippen LogP contribution in [0.3, 0.4) is 0 Å². The van der Waals surface area contributed by atoms with Crippen molar-refractivity contribution in [3.05, 3.63) is 29.8 Å². The van der Waals surface area contributed by atoms with Gasteiger partial charge in [0.1, 0.15) is 0 Å². The van der Waals surface area contributed by atoms with Gasteiger partial charge < -0.3 is 10.2 Å². The van der Waals surface area contributed by atoms with E-state index < -0.39 is 0 Å². The van der Waals surface area contributed by atoms with Crippen molar-refractivity contribution < 1.29 is 4.79 Å². The highest BCUT2D eigenvalue weighted by Gasteiger charge is 2.32. The van der Waals surface area contributed by atoms with Crippen LogP contribution in [0.15, 0.2) is 24.3 Å². The maximum absolute atomic E-state index is 12.1. The summed E-state index contributed by atoms with van der Waals surface area (Å²) in [5.41, 5.74) is 2.31. The number of rotatable bonds is 3. The first kappa shape index (κ1) is 12.7. The normalized spacial score (nSPS) is 24.8. The molecule has 2 unspecified atom stereocenters. The Morgan fingerprint density at radius 2 is 2.05 bits per heavy atom. The lowest BCUT2D eigenvalue weighted by Crippen LogP contribution is -2.44. The Bertz CT molecular complexity index is 481. The fourth-order valence-corrected chi connectivity index (χ4v) is 3.19. The lowest BCUT2D eigenvalue weighted by atomic mass is 9.79. The molecule has 1 aliphatic carbocycles. The molecule has 3 heteroatoms. The Morgan fingerprint density at radius 3 is 2.74 bits per heavy atom. The quantitative estimate of drug-likeness (QED) is 0.904. The SMILES string of the molecule is CC(NC1CC(=O)N(C)c2ccccc21)C1CCC1. The molecule has 1 aromatic rings. The van der Waals surface area contributed by atoms with Gasteiger partial charge in [-0.2, -0.15) is 0 Å². The summed E-state index contributed by atoms with van der Waals surface area (Å²) < 4.78 is 0. The van der Waals surface area contributed by atoms with Crippen LogP contribution in [0.2, 0.25) is 0 Å². The van der Waals surface area contributed by atoms with Gasteiger partial charge in [0.05, 0.1) is 0 Å². The minimum atomic E-state index is 0.176. The molecule has 1 saturated carbocycles. The Labute approximate surface area is 115 Å². The number of nitrogens with zero attached hydrogens (tertiary/aromatic N) is 1. The van der Waals surface area contributed by atoms with Crippen molar-refractivity contribution >= 4 is 11.6 Å². The molecular weight excluding hydrogens is 236 g/mol. The van der Waals surface area contributed by atoms with Gasteiger partial charge in [0.2, 0.25) is 5.91 Å². The van der Waals surface area contributed by atoms with E-state index in [1.165, 1.54) is 24.8 Å². The molecule has 1 heterocycles. The topological polar surface area (TPSA) is 32.3 Å². The number of benzene rings is 1. The molecule has 0 bridgehead atoms. The molecule has 0 saturated heterocycles.